The van der Waals surface area contributed by atoms with Crippen LogP contribution in [0.1, 0.15) is 5.69 Å². The smallest absolute Gasteiger partial charge is 0.286 e. The molecule has 0 bridgehead atoms. The van der Waals surface area contributed by atoms with Crippen LogP contribution in [0.4, 0.5) is 0 Å². The quantitative estimate of drug-likeness (QED) is 0.548. The molecule has 0 aliphatic heterocycles. The summed E-state index contributed by atoms with van der Waals surface area (Å²) in [7, 11) is 4.97. The number of hydrogen-bond donors (Lipinski definition) is 1. The normalized spacial score (nSPS) is 11.2. The number of nitrogens with one attached hydrogen (secondary N) is 1. The number of hydrogen-bond acceptors (Lipinski definition) is 2. The molecule has 0 amide bonds. The molecule has 2 aromatic rings. The Labute approximate surface area is 85.4 Å². The fourth-order valence-electron chi connectivity index (χ4n) is 1.78. The van der Waals surface area contributed by atoms with Gasteiger partial charge in [0.25, 0.3) is 5.65 Å². The van der Waals surface area contributed by atoms with Gasteiger partial charge in [0.15, 0.2) is 5.52 Å². The van der Waals surface area contributed by atoms with E-state index in [0.717, 1.165) is 5.69 Å². The standard InChI is InChI=1S/C9H12N4O2/c1-5-6-7(12(3)8(14)10-6)13(4)9(15)11(5)2/h1-4H3/p+1. The van der Waals surface area contributed by atoms with Gasteiger partial charge in [-0.15, -0.1) is 0 Å². The number of H-pyrrole nitrogens is 1. The molecule has 2 aromatic heterocycles. The van der Waals surface area contributed by atoms with Crippen molar-refractivity contribution in [2.75, 3.05) is 0 Å². The van der Waals surface area contributed by atoms with Crippen LogP contribution in [-0.2, 0) is 21.1 Å². The Kier molecular flexibility index (Phi) is 1.82. The summed E-state index contributed by atoms with van der Waals surface area (Å²) >= 11 is 0. The Morgan fingerprint density at radius 1 is 1.20 bits per heavy atom. The van der Waals surface area contributed by atoms with Gasteiger partial charge in [0.2, 0.25) is 0 Å². The molecule has 0 fully saturated rings. The second kappa shape index (κ2) is 2.82. The molecule has 0 unspecified atom stereocenters. The third-order valence-electron chi connectivity index (χ3n) is 2.83. The minimum absolute atomic E-state index is 0.144. The maximum absolute atomic E-state index is 11.8. The van der Waals surface area contributed by atoms with Gasteiger partial charge in [-0.25, -0.2) is 18.7 Å². The highest BCUT2D eigenvalue weighted by molar-refractivity contribution is 5.69. The van der Waals surface area contributed by atoms with Gasteiger partial charge in [0, 0.05) is 0 Å². The Balaban J connectivity index is 3.22. The van der Waals surface area contributed by atoms with E-state index in [1.165, 1.54) is 13.7 Å². The first-order chi connectivity index (χ1) is 6.95. The lowest BCUT2D eigenvalue weighted by molar-refractivity contribution is -0.667. The number of imidazole rings is 1. The Hall–Kier alpha value is -1.85. The summed E-state index contributed by atoms with van der Waals surface area (Å²) < 4.78 is 4.40. The summed E-state index contributed by atoms with van der Waals surface area (Å²) in [6, 6.07) is 0. The number of aromatic nitrogens is 4. The van der Waals surface area contributed by atoms with Crippen molar-refractivity contribution in [1.29, 1.82) is 0 Å². The fourth-order valence-corrected chi connectivity index (χ4v) is 1.78. The molecule has 80 valence electrons. The van der Waals surface area contributed by atoms with E-state index in [0.29, 0.717) is 11.2 Å². The van der Waals surface area contributed by atoms with Crippen LogP contribution < -0.4 is 15.9 Å². The number of rotatable bonds is 0. The van der Waals surface area contributed by atoms with Crippen LogP contribution in [0.2, 0.25) is 0 Å². The molecule has 0 aromatic carbocycles. The predicted molar refractivity (Wildman–Crippen MR) is 54.7 cm³/mol. The highest BCUT2D eigenvalue weighted by Gasteiger charge is 2.19. The molecular weight excluding hydrogens is 196 g/mol. The Bertz CT molecular complexity index is 659. The van der Waals surface area contributed by atoms with Gasteiger partial charge in [0.1, 0.15) is 5.69 Å². The molecule has 0 atom stereocenters. The molecule has 2 heterocycles. The van der Waals surface area contributed by atoms with Crippen molar-refractivity contribution in [2.24, 2.45) is 21.1 Å². The molecule has 0 saturated carbocycles. The molecule has 6 heteroatoms. The molecule has 0 saturated heterocycles. The number of fused-ring (bicyclic) bond motifs is 1. The number of aromatic amines is 1. The van der Waals surface area contributed by atoms with Gasteiger partial charge < -0.3 is 0 Å². The zero-order valence-electron chi connectivity index (χ0n) is 9.16. The minimum Gasteiger partial charge on any atom is -0.286 e. The van der Waals surface area contributed by atoms with Crippen LogP contribution in [0.5, 0.6) is 0 Å². The van der Waals surface area contributed by atoms with Crippen molar-refractivity contribution in [3.8, 4) is 0 Å². The summed E-state index contributed by atoms with van der Waals surface area (Å²) in [4.78, 5) is 25.9. The monoisotopic (exact) mass is 209 g/mol. The van der Waals surface area contributed by atoms with Crippen molar-refractivity contribution in [2.45, 2.75) is 6.92 Å². The van der Waals surface area contributed by atoms with E-state index >= 15 is 0 Å². The lowest BCUT2D eigenvalue weighted by atomic mass is 10.4. The highest BCUT2D eigenvalue weighted by atomic mass is 16.2. The van der Waals surface area contributed by atoms with Gasteiger partial charge in [0.05, 0.1) is 21.1 Å². The molecule has 15 heavy (non-hydrogen) atoms. The molecule has 0 spiro atoms. The van der Waals surface area contributed by atoms with Crippen LogP contribution in [0.25, 0.3) is 11.2 Å². The third-order valence-corrected chi connectivity index (χ3v) is 2.83. The number of aryl methyl sites for hydroxylation is 3. The summed E-state index contributed by atoms with van der Waals surface area (Å²) in [6.45, 7) is 1.81. The van der Waals surface area contributed by atoms with E-state index in [1.807, 2.05) is 0 Å². The van der Waals surface area contributed by atoms with E-state index in [1.54, 1.807) is 28.1 Å². The van der Waals surface area contributed by atoms with Gasteiger partial charge in [-0.1, -0.05) is 0 Å². The van der Waals surface area contributed by atoms with Gasteiger partial charge in [-0.3, -0.25) is 4.98 Å². The van der Waals surface area contributed by atoms with E-state index in [-0.39, 0.29) is 11.4 Å². The van der Waals surface area contributed by atoms with Crippen LogP contribution >= 0.6 is 0 Å². The average Bonchev–Trinajstić information content (AvgIpc) is 2.50. The molecule has 0 aliphatic rings. The zero-order chi connectivity index (χ0) is 11.3. The van der Waals surface area contributed by atoms with Gasteiger partial charge >= 0.3 is 11.4 Å². The molecule has 6 nitrogen and oxygen atoms in total. The van der Waals surface area contributed by atoms with Crippen LogP contribution in [0.3, 0.4) is 0 Å². The average molecular weight is 209 g/mol. The van der Waals surface area contributed by atoms with Gasteiger partial charge in [-0.05, 0) is 6.92 Å². The van der Waals surface area contributed by atoms with Gasteiger partial charge in [-0.2, -0.15) is 4.57 Å². The first kappa shape index (κ1) is 9.70. The maximum atomic E-state index is 11.8. The molecule has 0 aliphatic carbocycles. The van der Waals surface area contributed by atoms with E-state index in [4.69, 9.17) is 0 Å². The third kappa shape index (κ3) is 1.07. The topological polar surface area (TPSA) is 63.7 Å². The fraction of sp³-hybridized carbons (Fsp3) is 0.444. The van der Waals surface area contributed by atoms with Crippen LogP contribution in [-0.4, -0.2) is 14.1 Å². The molecular formula is C9H13N4O2+. The van der Waals surface area contributed by atoms with Crippen molar-refractivity contribution in [1.82, 2.24) is 14.1 Å². The summed E-state index contributed by atoms with van der Waals surface area (Å²) in [6.07, 6.45) is 0. The van der Waals surface area contributed by atoms with Crippen LogP contribution in [0, 0.1) is 6.92 Å². The highest BCUT2D eigenvalue weighted by Crippen LogP contribution is 2.06. The summed E-state index contributed by atoms with van der Waals surface area (Å²) in [5.41, 5.74) is 1.71. The predicted octanol–water partition coefficient (Wildman–Crippen LogP) is -1.30. The first-order valence-corrected chi connectivity index (χ1v) is 4.59. The second-order valence-corrected chi connectivity index (χ2v) is 3.67. The SMILES string of the molecule is Cc1c2[nH]c(=O)n(C)c2[n+](C)c(=O)n1C. The zero-order valence-corrected chi connectivity index (χ0v) is 9.16. The van der Waals surface area contributed by atoms with E-state index < -0.39 is 0 Å². The van der Waals surface area contributed by atoms with E-state index in [2.05, 4.69) is 4.98 Å². The summed E-state index contributed by atoms with van der Waals surface area (Å²) in [5.74, 6) is 0. The Morgan fingerprint density at radius 3 is 2.40 bits per heavy atom. The minimum atomic E-state index is -0.214. The lowest BCUT2D eigenvalue weighted by Gasteiger charge is -2.01. The van der Waals surface area contributed by atoms with Crippen molar-refractivity contribution < 1.29 is 4.57 Å². The Morgan fingerprint density at radius 2 is 1.80 bits per heavy atom. The first-order valence-electron chi connectivity index (χ1n) is 4.59. The maximum Gasteiger partial charge on any atom is 0.443 e. The molecule has 0 radical (unpaired) electrons. The largest absolute Gasteiger partial charge is 0.443 e. The molecule has 1 N–H and O–H groups in total. The summed E-state index contributed by atoms with van der Waals surface area (Å²) in [5, 5.41) is 0. The van der Waals surface area contributed by atoms with Crippen molar-refractivity contribution in [3.63, 3.8) is 0 Å². The second-order valence-electron chi connectivity index (χ2n) is 3.67. The van der Waals surface area contributed by atoms with E-state index in [9.17, 15) is 9.59 Å². The van der Waals surface area contributed by atoms with Crippen molar-refractivity contribution >= 4 is 11.2 Å². The molecule has 2 rings (SSSR count). The lowest BCUT2D eigenvalue weighted by Crippen LogP contribution is -2.52. The van der Waals surface area contributed by atoms with Crippen molar-refractivity contribution in [3.05, 3.63) is 26.7 Å². The number of nitrogens with zero attached hydrogens (tertiary/aromatic N) is 3. The van der Waals surface area contributed by atoms with Crippen LogP contribution in [0.15, 0.2) is 9.59 Å².